The second kappa shape index (κ2) is 5.27. The van der Waals surface area contributed by atoms with E-state index in [1.54, 1.807) is 0 Å². The smallest absolute Gasteiger partial charge is 0.202 e. The summed E-state index contributed by atoms with van der Waals surface area (Å²) in [5.74, 6) is 1.37. The van der Waals surface area contributed by atoms with E-state index in [1.165, 1.54) is 17.1 Å². The molecule has 0 fully saturated rings. The summed E-state index contributed by atoms with van der Waals surface area (Å²) >= 11 is 7.11. The van der Waals surface area contributed by atoms with Gasteiger partial charge in [0.15, 0.2) is 0 Å². The number of hydrogen-bond acceptors (Lipinski definition) is 4. The summed E-state index contributed by atoms with van der Waals surface area (Å²) in [7, 11) is 0. The second-order valence-electron chi connectivity index (χ2n) is 3.45. The number of nitrogens with zero attached hydrogens (tertiary/aromatic N) is 2. The third-order valence-electron chi connectivity index (χ3n) is 2.15. The van der Waals surface area contributed by atoms with Gasteiger partial charge in [-0.3, -0.25) is 0 Å². The maximum atomic E-state index is 5.72. The standard InChI is InChI=1S/C11H12ClN3S/c1-8-14-11(16-15-8)13-7-10-4-2-9(6-12)3-5-10/h2-5H,6-7H2,1H3,(H,13,14,15). The molecule has 0 aliphatic carbocycles. The maximum absolute atomic E-state index is 5.72. The fourth-order valence-electron chi connectivity index (χ4n) is 1.29. The van der Waals surface area contributed by atoms with Crippen molar-refractivity contribution in [2.45, 2.75) is 19.3 Å². The van der Waals surface area contributed by atoms with Crippen LogP contribution in [-0.4, -0.2) is 9.36 Å². The number of alkyl halides is 1. The van der Waals surface area contributed by atoms with Crippen molar-refractivity contribution >= 4 is 28.3 Å². The van der Waals surface area contributed by atoms with E-state index in [4.69, 9.17) is 11.6 Å². The lowest BCUT2D eigenvalue weighted by Gasteiger charge is -2.03. The Morgan fingerprint density at radius 1 is 1.25 bits per heavy atom. The molecule has 0 spiro atoms. The molecule has 2 aromatic rings. The Morgan fingerprint density at radius 3 is 2.50 bits per heavy atom. The van der Waals surface area contributed by atoms with Crippen LogP contribution in [0, 0.1) is 6.92 Å². The number of benzene rings is 1. The maximum Gasteiger partial charge on any atom is 0.202 e. The van der Waals surface area contributed by atoms with Crippen molar-refractivity contribution in [1.82, 2.24) is 9.36 Å². The van der Waals surface area contributed by atoms with Crippen LogP contribution in [0.1, 0.15) is 17.0 Å². The van der Waals surface area contributed by atoms with Gasteiger partial charge in [0.05, 0.1) is 0 Å². The number of aryl methyl sites for hydroxylation is 1. The molecule has 16 heavy (non-hydrogen) atoms. The molecule has 0 aliphatic heterocycles. The van der Waals surface area contributed by atoms with Gasteiger partial charge in [-0.2, -0.15) is 4.37 Å². The highest BCUT2D eigenvalue weighted by molar-refractivity contribution is 7.09. The molecule has 0 saturated carbocycles. The predicted molar refractivity (Wildman–Crippen MR) is 68.0 cm³/mol. The zero-order chi connectivity index (χ0) is 11.4. The van der Waals surface area contributed by atoms with Gasteiger partial charge in [-0.15, -0.1) is 11.6 Å². The van der Waals surface area contributed by atoms with Crippen LogP contribution < -0.4 is 5.32 Å². The van der Waals surface area contributed by atoms with Crippen molar-refractivity contribution in [2.75, 3.05) is 5.32 Å². The van der Waals surface area contributed by atoms with Crippen LogP contribution in [0.4, 0.5) is 5.13 Å². The monoisotopic (exact) mass is 253 g/mol. The molecule has 84 valence electrons. The van der Waals surface area contributed by atoms with Crippen LogP contribution in [-0.2, 0) is 12.4 Å². The van der Waals surface area contributed by atoms with E-state index in [1.807, 2.05) is 19.1 Å². The first-order chi connectivity index (χ1) is 7.78. The lowest BCUT2D eigenvalue weighted by atomic mass is 10.1. The molecular weight excluding hydrogens is 242 g/mol. The van der Waals surface area contributed by atoms with Gasteiger partial charge in [0, 0.05) is 24.0 Å². The summed E-state index contributed by atoms with van der Waals surface area (Å²) in [4.78, 5) is 4.23. The first-order valence-electron chi connectivity index (χ1n) is 4.96. The van der Waals surface area contributed by atoms with Crippen LogP contribution in [0.25, 0.3) is 0 Å². The van der Waals surface area contributed by atoms with Crippen molar-refractivity contribution in [3.05, 3.63) is 41.2 Å². The number of anilines is 1. The van der Waals surface area contributed by atoms with Gasteiger partial charge in [-0.1, -0.05) is 24.3 Å². The minimum atomic E-state index is 0.559. The lowest BCUT2D eigenvalue weighted by molar-refractivity contribution is 1.10. The molecule has 3 nitrogen and oxygen atoms in total. The highest BCUT2D eigenvalue weighted by Gasteiger charge is 1.99. The van der Waals surface area contributed by atoms with Gasteiger partial charge >= 0.3 is 0 Å². The molecule has 0 unspecified atom stereocenters. The third kappa shape index (κ3) is 2.93. The van der Waals surface area contributed by atoms with Gasteiger partial charge in [-0.05, 0) is 18.1 Å². The molecule has 1 heterocycles. The van der Waals surface area contributed by atoms with E-state index in [0.717, 1.165) is 23.1 Å². The molecule has 0 atom stereocenters. The van der Waals surface area contributed by atoms with Crippen LogP contribution in [0.5, 0.6) is 0 Å². The minimum Gasteiger partial charge on any atom is -0.356 e. The first-order valence-corrected chi connectivity index (χ1v) is 6.26. The van der Waals surface area contributed by atoms with E-state index < -0.39 is 0 Å². The zero-order valence-corrected chi connectivity index (χ0v) is 10.5. The highest BCUT2D eigenvalue weighted by Crippen LogP contribution is 2.13. The Morgan fingerprint density at radius 2 is 1.94 bits per heavy atom. The summed E-state index contributed by atoms with van der Waals surface area (Å²) in [5, 5.41) is 4.09. The van der Waals surface area contributed by atoms with Crippen molar-refractivity contribution in [2.24, 2.45) is 0 Å². The van der Waals surface area contributed by atoms with Crippen molar-refractivity contribution in [3.63, 3.8) is 0 Å². The van der Waals surface area contributed by atoms with Crippen LogP contribution >= 0.6 is 23.1 Å². The first kappa shape index (κ1) is 11.4. The highest BCUT2D eigenvalue weighted by atomic mass is 35.5. The number of hydrogen-bond donors (Lipinski definition) is 1. The predicted octanol–water partition coefficient (Wildman–Crippen LogP) is 3.20. The summed E-state index contributed by atoms with van der Waals surface area (Å²) in [6, 6.07) is 8.21. The lowest BCUT2D eigenvalue weighted by Crippen LogP contribution is -1.98. The number of halogens is 1. The van der Waals surface area contributed by atoms with E-state index in [2.05, 4.69) is 26.8 Å². The molecule has 2 rings (SSSR count). The Bertz CT molecular complexity index is 453. The van der Waals surface area contributed by atoms with Crippen molar-refractivity contribution < 1.29 is 0 Å². The van der Waals surface area contributed by atoms with Crippen LogP contribution in [0.2, 0.25) is 0 Å². The number of nitrogens with one attached hydrogen (secondary N) is 1. The molecule has 1 aromatic carbocycles. The van der Waals surface area contributed by atoms with Crippen molar-refractivity contribution in [3.8, 4) is 0 Å². The largest absolute Gasteiger partial charge is 0.356 e. The fourth-order valence-corrected chi connectivity index (χ4v) is 2.04. The number of aromatic nitrogens is 2. The molecule has 0 saturated heterocycles. The SMILES string of the molecule is Cc1nsc(NCc2ccc(CCl)cc2)n1. The summed E-state index contributed by atoms with van der Waals surface area (Å²) < 4.78 is 4.11. The third-order valence-corrected chi connectivity index (χ3v) is 3.22. The van der Waals surface area contributed by atoms with E-state index in [9.17, 15) is 0 Å². The Kier molecular flexibility index (Phi) is 3.74. The second-order valence-corrected chi connectivity index (χ2v) is 4.47. The summed E-state index contributed by atoms with van der Waals surface area (Å²) in [5.41, 5.74) is 2.35. The molecule has 1 aromatic heterocycles. The van der Waals surface area contributed by atoms with Gasteiger partial charge in [0.1, 0.15) is 5.82 Å². The summed E-state index contributed by atoms with van der Waals surface area (Å²) in [6.45, 7) is 2.65. The molecule has 0 radical (unpaired) electrons. The molecule has 1 N–H and O–H groups in total. The molecular formula is C11H12ClN3S. The fraction of sp³-hybridized carbons (Fsp3) is 0.273. The Balaban J connectivity index is 1.94. The van der Waals surface area contributed by atoms with E-state index >= 15 is 0 Å². The van der Waals surface area contributed by atoms with Gasteiger partial charge in [-0.25, -0.2) is 4.98 Å². The topological polar surface area (TPSA) is 37.8 Å². The van der Waals surface area contributed by atoms with Crippen LogP contribution in [0.3, 0.4) is 0 Å². The molecule has 0 aliphatic rings. The van der Waals surface area contributed by atoms with Gasteiger partial charge < -0.3 is 5.32 Å². The average Bonchev–Trinajstić information content (AvgIpc) is 2.73. The summed E-state index contributed by atoms with van der Waals surface area (Å²) in [6.07, 6.45) is 0. The van der Waals surface area contributed by atoms with Gasteiger partial charge in [0.2, 0.25) is 5.13 Å². The average molecular weight is 254 g/mol. The number of rotatable bonds is 4. The molecule has 5 heteroatoms. The van der Waals surface area contributed by atoms with E-state index in [0.29, 0.717) is 5.88 Å². The normalized spacial score (nSPS) is 10.4. The Labute approximate surface area is 104 Å². The zero-order valence-electron chi connectivity index (χ0n) is 8.90. The Hall–Kier alpha value is -1.13. The van der Waals surface area contributed by atoms with Crippen LogP contribution in [0.15, 0.2) is 24.3 Å². The minimum absolute atomic E-state index is 0.559. The molecule has 0 amide bonds. The van der Waals surface area contributed by atoms with Gasteiger partial charge in [0.25, 0.3) is 0 Å². The quantitative estimate of drug-likeness (QED) is 0.851. The van der Waals surface area contributed by atoms with E-state index in [-0.39, 0.29) is 0 Å². The molecule has 0 bridgehead atoms. The van der Waals surface area contributed by atoms with Crippen molar-refractivity contribution in [1.29, 1.82) is 0 Å².